The summed E-state index contributed by atoms with van der Waals surface area (Å²) in [4.78, 5) is 12.4. The zero-order valence-electron chi connectivity index (χ0n) is 12.2. The van der Waals surface area contributed by atoms with E-state index < -0.39 is 5.41 Å². The molecule has 0 aliphatic heterocycles. The third-order valence-electron chi connectivity index (χ3n) is 6.28. The Morgan fingerprint density at radius 2 is 2.05 bits per heavy atom. The lowest BCUT2D eigenvalue weighted by Crippen LogP contribution is -2.36. The first-order valence-electron chi connectivity index (χ1n) is 7.93. The SMILES string of the molecule is C=CC(C)(CC)C(=O)OC1CC2CC1C1CCCC21. The average Bonchev–Trinajstić information content (AvgIpc) is 3.09. The van der Waals surface area contributed by atoms with Crippen molar-refractivity contribution in [2.45, 2.75) is 58.5 Å². The highest BCUT2D eigenvalue weighted by molar-refractivity contribution is 5.78. The van der Waals surface area contributed by atoms with Crippen molar-refractivity contribution in [3.05, 3.63) is 12.7 Å². The van der Waals surface area contributed by atoms with E-state index in [1.54, 1.807) is 6.08 Å². The van der Waals surface area contributed by atoms with Gasteiger partial charge in [-0.25, -0.2) is 0 Å². The van der Waals surface area contributed by atoms with E-state index in [1.165, 1.54) is 25.7 Å². The lowest BCUT2D eigenvalue weighted by atomic mass is 9.80. The van der Waals surface area contributed by atoms with E-state index in [0.29, 0.717) is 5.92 Å². The van der Waals surface area contributed by atoms with Crippen LogP contribution in [0, 0.1) is 29.1 Å². The number of carbonyl (C=O) groups excluding carboxylic acids is 1. The molecule has 2 bridgehead atoms. The van der Waals surface area contributed by atoms with E-state index in [2.05, 4.69) is 6.58 Å². The Morgan fingerprint density at radius 1 is 1.32 bits per heavy atom. The van der Waals surface area contributed by atoms with Gasteiger partial charge in [0, 0.05) is 0 Å². The standard InChI is InChI=1S/C17H26O2/c1-4-17(3,5-2)16(18)19-15-10-11-9-14(15)13-8-6-7-12(11)13/h4,11-15H,1,5-10H2,2-3H3. The van der Waals surface area contributed by atoms with Crippen LogP contribution in [0.1, 0.15) is 52.4 Å². The molecule has 0 amide bonds. The van der Waals surface area contributed by atoms with Gasteiger partial charge in [-0.3, -0.25) is 4.79 Å². The maximum atomic E-state index is 12.4. The van der Waals surface area contributed by atoms with Gasteiger partial charge in [0.1, 0.15) is 6.10 Å². The van der Waals surface area contributed by atoms with Crippen LogP contribution in [-0.2, 0) is 9.53 Å². The van der Waals surface area contributed by atoms with Crippen LogP contribution in [0.4, 0.5) is 0 Å². The van der Waals surface area contributed by atoms with Crippen LogP contribution in [0.25, 0.3) is 0 Å². The monoisotopic (exact) mass is 262 g/mol. The molecule has 3 rings (SSSR count). The number of fused-ring (bicyclic) bond motifs is 5. The van der Waals surface area contributed by atoms with Crippen LogP contribution in [0.3, 0.4) is 0 Å². The number of esters is 1. The van der Waals surface area contributed by atoms with Crippen molar-refractivity contribution < 1.29 is 9.53 Å². The minimum atomic E-state index is -0.503. The summed E-state index contributed by atoms with van der Waals surface area (Å²) in [5, 5.41) is 0. The summed E-state index contributed by atoms with van der Waals surface area (Å²) >= 11 is 0. The van der Waals surface area contributed by atoms with Gasteiger partial charge in [0.2, 0.25) is 0 Å². The van der Waals surface area contributed by atoms with E-state index in [0.717, 1.165) is 30.6 Å². The molecular weight excluding hydrogens is 236 g/mol. The van der Waals surface area contributed by atoms with E-state index in [9.17, 15) is 4.79 Å². The molecule has 2 nitrogen and oxygen atoms in total. The highest BCUT2D eigenvalue weighted by Gasteiger charge is 2.55. The van der Waals surface area contributed by atoms with Gasteiger partial charge in [0.05, 0.1) is 5.41 Å². The van der Waals surface area contributed by atoms with E-state index in [-0.39, 0.29) is 12.1 Å². The molecule has 2 heteroatoms. The van der Waals surface area contributed by atoms with Crippen molar-refractivity contribution in [1.82, 2.24) is 0 Å². The second-order valence-corrected chi connectivity index (χ2v) is 7.07. The van der Waals surface area contributed by atoms with Crippen molar-refractivity contribution in [1.29, 1.82) is 0 Å². The molecule has 0 aromatic rings. The number of rotatable bonds is 4. The molecule has 0 N–H and O–H groups in total. The maximum absolute atomic E-state index is 12.4. The number of hydrogen-bond acceptors (Lipinski definition) is 2. The van der Waals surface area contributed by atoms with Crippen LogP contribution < -0.4 is 0 Å². The zero-order chi connectivity index (χ0) is 13.6. The predicted octanol–water partition coefficient (Wildman–Crippen LogP) is 3.96. The second-order valence-electron chi connectivity index (χ2n) is 7.07. The van der Waals surface area contributed by atoms with Gasteiger partial charge in [-0.1, -0.05) is 19.4 Å². The Labute approximate surface area is 116 Å². The first-order chi connectivity index (χ1) is 9.09. The third-order valence-corrected chi connectivity index (χ3v) is 6.28. The summed E-state index contributed by atoms with van der Waals surface area (Å²) in [7, 11) is 0. The largest absolute Gasteiger partial charge is 0.461 e. The smallest absolute Gasteiger partial charge is 0.315 e. The first kappa shape index (κ1) is 13.2. The van der Waals surface area contributed by atoms with E-state index >= 15 is 0 Å². The predicted molar refractivity (Wildman–Crippen MR) is 75.5 cm³/mol. The van der Waals surface area contributed by atoms with Crippen molar-refractivity contribution >= 4 is 5.97 Å². The Hall–Kier alpha value is -0.790. The highest BCUT2D eigenvalue weighted by Crippen LogP contribution is 2.59. The average molecular weight is 262 g/mol. The fourth-order valence-corrected chi connectivity index (χ4v) is 4.78. The number of carbonyl (C=O) groups is 1. The van der Waals surface area contributed by atoms with Gasteiger partial charge in [-0.05, 0) is 62.7 Å². The lowest BCUT2D eigenvalue weighted by molar-refractivity contribution is -0.162. The molecule has 19 heavy (non-hydrogen) atoms. The van der Waals surface area contributed by atoms with Crippen LogP contribution in [0.5, 0.6) is 0 Å². The van der Waals surface area contributed by atoms with Crippen molar-refractivity contribution in [3.8, 4) is 0 Å². The molecule has 0 aromatic heterocycles. The van der Waals surface area contributed by atoms with Crippen molar-refractivity contribution in [3.63, 3.8) is 0 Å². The van der Waals surface area contributed by atoms with Gasteiger partial charge in [-0.15, -0.1) is 6.58 Å². The van der Waals surface area contributed by atoms with Gasteiger partial charge >= 0.3 is 5.97 Å². The normalized spacial score (nSPS) is 42.7. The Bertz CT molecular complexity index is 389. The highest BCUT2D eigenvalue weighted by atomic mass is 16.5. The molecule has 0 radical (unpaired) electrons. The molecule has 3 aliphatic rings. The molecule has 0 saturated heterocycles. The van der Waals surface area contributed by atoms with Crippen molar-refractivity contribution in [2.24, 2.45) is 29.1 Å². The molecule has 3 saturated carbocycles. The molecule has 3 aliphatic carbocycles. The summed E-state index contributed by atoms with van der Waals surface area (Å²) in [6.07, 6.45) is 9.32. The molecule has 6 unspecified atom stereocenters. The number of ether oxygens (including phenoxy) is 1. The minimum Gasteiger partial charge on any atom is -0.461 e. The van der Waals surface area contributed by atoms with E-state index in [1.807, 2.05) is 13.8 Å². The van der Waals surface area contributed by atoms with Crippen LogP contribution in [0.15, 0.2) is 12.7 Å². The fourth-order valence-electron chi connectivity index (χ4n) is 4.78. The zero-order valence-corrected chi connectivity index (χ0v) is 12.2. The van der Waals surface area contributed by atoms with Crippen LogP contribution >= 0.6 is 0 Å². The molecular formula is C17H26O2. The van der Waals surface area contributed by atoms with Crippen LogP contribution in [-0.4, -0.2) is 12.1 Å². The lowest BCUT2D eigenvalue weighted by Gasteiger charge is -2.33. The minimum absolute atomic E-state index is 0.0582. The summed E-state index contributed by atoms with van der Waals surface area (Å²) in [5.41, 5.74) is -0.503. The maximum Gasteiger partial charge on any atom is 0.315 e. The molecule has 3 fully saturated rings. The van der Waals surface area contributed by atoms with Gasteiger partial charge in [-0.2, -0.15) is 0 Å². The third kappa shape index (κ3) is 1.95. The van der Waals surface area contributed by atoms with Crippen LogP contribution in [0.2, 0.25) is 0 Å². The van der Waals surface area contributed by atoms with Gasteiger partial charge < -0.3 is 4.74 Å². The molecule has 106 valence electrons. The second kappa shape index (κ2) is 4.64. The Kier molecular flexibility index (Phi) is 3.23. The number of hydrogen-bond donors (Lipinski definition) is 0. The topological polar surface area (TPSA) is 26.3 Å². The summed E-state index contributed by atoms with van der Waals surface area (Å²) in [6, 6.07) is 0. The van der Waals surface area contributed by atoms with E-state index in [4.69, 9.17) is 4.74 Å². The summed E-state index contributed by atoms with van der Waals surface area (Å²) in [5.74, 6) is 3.25. The first-order valence-corrected chi connectivity index (χ1v) is 7.93. The Balaban J connectivity index is 1.66. The molecule has 0 heterocycles. The summed E-state index contributed by atoms with van der Waals surface area (Å²) in [6.45, 7) is 7.76. The molecule has 6 atom stereocenters. The van der Waals surface area contributed by atoms with Gasteiger partial charge in [0.25, 0.3) is 0 Å². The summed E-state index contributed by atoms with van der Waals surface area (Å²) < 4.78 is 5.89. The molecule has 0 spiro atoms. The molecule has 0 aromatic carbocycles. The Morgan fingerprint density at radius 3 is 2.74 bits per heavy atom. The van der Waals surface area contributed by atoms with Crippen molar-refractivity contribution in [2.75, 3.05) is 0 Å². The van der Waals surface area contributed by atoms with Gasteiger partial charge in [0.15, 0.2) is 0 Å². The quantitative estimate of drug-likeness (QED) is 0.566. The fraction of sp³-hybridized carbons (Fsp3) is 0.824.